The number of carbonyl (C=O) groups is 1. The molecule has 2 aromatic rings. The molecule has 2 aliphatic heterocycles. The molecule has 7 nitrogen and oxygen atoms in total. The standard InChI is InChI=1S/C19H18ClN3O4S/c20-14-7-5-13(6-8-14)17(23-9-11-27-12-10-23)19(24)21-18-15-3-1-2-4-16(15)28(25,26)22-18/h1-8,17H,9-12H2,(H,21,22,24). The summed E-state index contributed by atoms with van der Waals surface area (Å²) in [5.74, 6) is -0.303. The van der Waals surface area contributed by atoms with E-state index in [0.29, 0.717) is 36.9 Å². The molecule has 1 unspecified atom stereocenters. The maximum absolute atomic E-state index is 13.2. The minimum atomic E-state index is -3.80. The number of morpholine rings is 1. The lowest BCUT2D eigenvalue weighted by atomic mass is 10.0. The van der Waals surface area contributed by atoms with Gasteiger partial charge in [0.25, 0.3) is 10.0 Å². The van der Waals surface area contributed by atoms with Gasteiger partial charge < -0.3 is 10.1 Å². The minimum Gasteiger partial charge on any atom is -0.379 e. The van der Waals surface area contributed by atoms with Crippen LogP contribution in [0.4, 0.5) is 0 Å². The summed E-state index contributed by atoms with van der Waals surface area (Å²) in [7, 11) is -3.80. The number of benzene rings is 2. The van der Waals surface area contributed by atoms with Crippen molar-refractivity contribution in [3.63, 3.8) is 0 Å². The Morgan fingerprint density at radius 3 is 2.50 bits per heavy atom. The first-order chi connectivity index (χ1) is 13.5. The number of rotatable bonds is 3. The highest BCUT2D eigenvalue weighted by atomic mass is 35.5. The Morgan fingerprint density at radius 2 is 1.79 bits per heavy atom. The molecule has 4 rings (SSSR count). The first-order valence-electron chi connectivity index (χ1n) is 8.78. The van der Waals surface area contributed by atoms with Gasteiger partial charge in [-0.05, 0) is 29.8 Å². The van der Waals surface area contributed by atoms with Crippen molar-refractivity contribution >= 4 is 33.4 Å². The van der Waals surface area contributed by atoms with Gasteiger partial charge in [0.2, 0.25) is 5.91 Å². The monoisotopic (exact) mass is 419 g/mol. The van der Waals surface area contributed by atoms with Crippen molar-refractivity contribution in [3.8, 4) is 0 Å². The van der Waals surface area contributed by atoms with E-state index >= 15 is 0 Å². The first kappa shape index (κ1) is 19.1. The number of amidine groups is 1. The summed E-state index contributed by atoms with van der Waals surface area (Å²) in [6.07, 6.45) is 0. The molecule has 9 heteroatoms. The van der Waals surface area contributed by atoms with E-state index in [2.05, 4.69) is 9.71 Å². The molecule has 0 radical (unpaired) electrons. The van der Waals surface area contributed by atoms with Crippen molar-refractivity contribution in [3.05, 3.63) is 64.7 Å². The van der Waals surface area contributed by atoms with Gasteiger partial charge in [-0.15, -0.1) is 4.40 Å². The fourth-order valence-corrected chi connectivity index (χ4v) is 4.69. The smallest absolute Gasteiger partial charge is 0.285 e. The lowest BCUT2D eigenvalue weighted by molar-refractivity contribution is -0.127. The summed E-state index contributed by atoms with van der Waals surface area (Å²) in [6, 6.07) is 12.9. The third kappa shape index (κ3) is 3.68. The number of ether oxygens (including phenoxy) is 1. The van der Waals surface area contributed by atoms with Crippen LogP contribution in [-0.2, 0) is 19.6 Å². The van der Waals surface area contributed by atoms with Crippen LogP contribution in [0.2, 0.25) is 5.02 Å². The number of nitrogens with zero attached hydrogens (tertiary/aromatic N) is 2. The third-order valence-electron chi connectivity index (χ3n) is 4.72. The van der Waals surface area contributed by atoms with Crippen LogP contribution in [0.5, 0.6) is 0 Å². The van der Waals surface area contributed by atoms with Crippen LogP contribution in [0.1, 0.15) is 17.2 Å². The molecule has 0 aliphatic carbocycles. The number of nitrogens with one attached hydrogen (secondary N) is 1. The van der Waals surface area contributed by atoms with Gasteiger partial charge in [0, 0.05) is 23.7 Å². The van der Waals surface area contributed by atoms with Crippen LogP contribution >= 0.6 is 11.6 Å². The molecule has 0 spiro atoms. The zero-order valence-corrected chi connectivity index (χ0v) is 16.4. The molecule has 0 aromatic heterocycles. The highest BCUT2D eigenvalue weighted by Crippen LogP contribution is 2.27. The van der Waals surface area contributed by atoms with Crippen molar-refractivity contribution in [1.82, 2.24) is 10.2 Å². The topological polar surface area (TPSA) is 88.1 Å². The Bertz CT molecular complexity index is 1030. The normalized spacial score (nSPS) is 19.5. The van der Waals surface area contributed by atoms with Gasteiger partial charge in [-0.3, -0.25) is 9.69 Å². The SMILES string of the molecule is O=C(NC1=NS(=O)(=O)c2ccccc21)C(c1ccc(Cl)cc1)N1CCOCC1. The quantitative estimate of drug-likeness (QED) is 0.821. The summed E-state index contributed by atoms with van der Waals surface area (Å²) >= 11 is 5.99. The van der Waals surface area contributed by atoms with Gasteiger partial charge >= 0.3 is 0 Å². The summed E-state index contributed by atoms with van der Waals surface area (Å²) < 4.78 is 33.6. The highest BCUT2D eigenvalue weighted by molar-refractivity contribution is 7.90. The number of halogens is 1. The van der Waals surface area contributed by atoms with E-state index in [1.165, 1.54) is 6.07 Å². The predicted molar refractivity (Wildman–Crippen MR) is 105 cm³/mol. The molecule has 0 bridgehead atoms. The fraction of sp³-hybridized carbons (Fsp3) is 0.263. The second kappa shape index (κ2) is 7.63. The zero-order valence-electron chi connectivity index (χ0n) is 14.8. The maximum atomic E-state index is 13.2. The third-order valence-corrected chi connectivity index (χ3v) is 6.30. The summed E-state index contributed by atoms with van der Waals surface area (Å²) in [5.41, 5.74) is 1.16. The molecule has 1 N–H and O–H groups in total. The molecular formula is C19H18ClN3O4S. The molecule has 1 amide bonds. The Balaban J connectivity index is 1.66. The number of hydrogen-bond acceptors (Lipinski definition) is 5. The molecule has 1 saturated heterocycles. The fourth-order valence-electron chi connectivity index (χ4n) is 3.39. The van der Waals surface area contributed by atoms with Crippen molar-refractivity contribution in [1.29, 1.82) is 0 Å². The minimum absolute atomic E-state index is 0.0489. The average molecular weight is 420 g/mol. The first-order valence-corrected chi connectivity index (χ1v) is 10.6. The molecule has 0 saturated carbocycles. The van der Waals surface area contributed by atoms with Crippen LogP contribution in [-0.4, -0.2) is 51.4 Å². The molecule has 28 heavy (non-hydrogen) atoms. The molecule has 2 heterocycles. The number of hydrogen-bond donors (Lipinski definition) is 1. The van der Waals surface area contributed by atoms with Gasteiger partial charge in [-0.2, -0.15) is 8.42 Å². The van der Waals surface area contributed by atoms with Crippen LogP contribution in [0.15, 0.2) is 57.8 Å². The summed E-state index contributed by atoms with van der Waals surface area (Å²) in [5, 5.41) is 3.29. The second-order valence-electron chi connectivity index (χ2n) is 6.50. The van der Waals surface area contributed by atoms with E-state index in [1.54, 1.807) is 42.5 Å². The zero-order chi connectivity index (χ0) is 19.7. The van der Waals surface area contributed by atoms with E-state index in [-0.39, 0.29) is 16.6 Å². The summed E-state index contributed by atoms with van der Waals surface area (Å²) in [4.78, 5) is 15.3. The lowest BCUT2D eigenvalue weighted by Gasteiger charge is -2.33. The van der Waals surface area contributed by atoms with E-state index in [9.17, 15) is 13.2 Å². The molecule has 1 fully saturated rings. The molecule has 146 valence electrons. The maximum Gasteiger partial charge on any atom is 0.285 e. The molecule has 2 aliphatic rings. The van der Waals surface area contributed by atoms with Crippen LogP contribution in [0.3, 0.4) is 0 Å². The molecule has 1 atom stereocenters. The molecule has 2 aromatic carbocycles. The van der Waals surface area contributed by atoms with Crippen molar-refractivity contribution in [2.75, 3.05) is 26.3 Å². The largest absolute Gasteiger partial charge is 0.379 e. The van der Waals surface area contributed by atoms with E-state index < -0.39 is 16.1 Å². The number of amides is 1. The number of carbonyl (C=O) groups excluding carboxylic acids is 1. The highest BCUT2D eigenvalue weighted by Gasteiger charge is 2.34. The van der Waals surface area contributed by atoms with Crippen LogP contribution in [0, 0.1) is 0 Å². The molecular weight excluding hydrogens is 402 g/mol. The predicted octanol–water partition coefficient (Wildman–Crippen LogP) is 1.98. The number of fused-ring (bicyclic) bond motifs is 1. The Labute approximate surface area is 168 Å². The average Bonchev–Trinajstić information content (AvgIpc) is 2.95. The van der Waals surface area contributed by atoms with Gasteiger partial charge in [-0.1, -0.05) is 35.9 Å². The van der Waals surface area contributed by atoms with Gasteiger partial charge in [0.1, 0.15) is 10.9 Å². The van der Waals surface area contributed by atoms with E-state index in [0.717, 1.165) is 5.56 Å². The Morgan fingerprint density at radius 1 is 1.11 bits per heavy atom. The van der Waals surface area contributed by atoms with E-state index in [4.69, 9.17) is 16.3 Å². The van der Waals surface area contributed by atoms with Crippen LogP contribution in [0.25, 0.3) is 0 Å². The summed E-state index contributed by atoms with van der Waals surface area (Å²) in [6.45, 7) is 2.22. The second-order valence-corrected chi connectivity index (χ2v) is 8.51. The van der Waals surface area contributed by atoms with Gasteiger partial charge in [0.15, 0.2) is 5.84 Å². The van der Waals surface area contributed by atoms with Crippen molar-refractivity contribution in [2.24, 2.45) is 4.40 Å². The Hall–Kier alpha value is -2.26. The number of sulfonamides is 1. The van der Waals surface area contributed by atoms with Crippen molar-refractivity contribution in [2.45, 2.75) is 10.9 Å². The van der Waals surface area contributed by atoms with E-state index in [1.807, 2.05) is 4.90 Å². The van der Waals surface area contributed by atoms with Crippen LogP contribution < -0.4 is 5.32 Å². The van der Waals surface area contributed by atoms with Crippen molar-refractivity contribution < 1.29 is 17.9 Å². The Kier molecular flexibility index (Phi) is 5.20. The van der Waals surface area contributed by atoms with Gasteiger partial charge in [-0.25, -0.2) is 0 Å². The van der Waals surface area contributed by atoms with Gasteiger partial charge in [0.05, 0.1) is 13.2 Å². The lowest BCUT2D eigenvalue weighted by Crippen LogP contribution is -2.47.